The van der Waals surface area contributed by atoms with Crippen LogP contribution in [0.2, 0.25) is 0 Å². The number of nitriles is 1. The summed E-state index contributed by atoms with van der Waals surface area (Å²) < 4.78 is 16.0. The van der Waals surface area contributed by atoms with E-state index in [1.165, 1.54) is 6.07 Å². The molecule has 6 heteroatoms. The first-order valence-electron chi connectivity index (χ1n) is 9.23. The van der Waals surface area contributed by atoms with Gasteiger partial charge in [-0.1, -0.05) is 13.8 Å². The summed E-state index contributed by atoms with van der Waals surface area (Å²) in [5.74, 6) is 0.207. The molecule has 0 atom stereocenters. The van der Waals surface area contributed by atoms with Crippen LogP contribution in [-0.4, -0.2) is 12.6 Å². The summed E-state index contributed by atoms with van der Waals surface area (Å²) >= 11 is 0. The molecule has 6 nitrogen and oxygen atoms in total. The minimum absolute atomic E-state index is 0.0573. The summed E-state index contributed by atoms with van der Waals surface area (Å²) in [6.45, 7) is 5.82. The monoisotopic (exact) mass is 391 g/mol. The van der Waals surface area contributed by atoms with Gasteiger partial charge in [-0.25, -0.2) is 9.59 Å². The number of esters is 1. The van der Waals surface area contributed by atoms with Crippen LogP contribution in [0, 0.1) is 18.3 Å². The quantitative estimate of drug-likeness (QED) is 0.462. The third kappa shape index (κ3) is 4.82. The maximum Gasteiger partial charge on any atom is 0.344 e. The Morgan fingerprint density at radius 2 is 1.90 bits per heavy atom. The lowest BCUT2D eigenvalue weighted by Gasteiger charge is -2.13. The fourth-order valence-electron chi connectivity index (χ4n) is 3.10. The van der Waals surface area contributed by atoms with E-state index < -0.39 is 11.6 Å². The Labute approximate surface area is 168 Å². The van der Waals surface area contributed by atoms with Crippen LogP contribution >= 0.6 is 0 Å². The predicted octanol–water partition coefficient (Wildman–Crippen LogP) is 4.22. The number of fused-ring (bicyclic) bond motifs is 1. The second kappa shape index (κ2) is 8.61. The number of benzene rings is 2. The highest BCUT2D eigenvalue weighted by Crippen LogP contribution is 2.27. The van der Waals surface area contributed by atoms with Crippen molar-refractivity contribution in [2.45, 2.75) is 33.3 Å². The first kappa shape index (κ1) is 20.2. The average Bonchev–Trinajstić information content (AvgIpc) is 2.69. The van der Waals surface area contributed by atoms with Gasteiger partial charge in [0.25, 0.3) is 0 Å². The summed E-state index contributed by atoms with van der Waals surface area (Å²) in [6.07, 6.45) is 0. The van der Waals surface area contributed by atoms with Crippen LogP contribution in [0.4, 0.5) is 0 Å². The Morgan fingerprint density at radius 3 is 2.55 bits per heavy atom. The average molecular weight is 391 g/mol. The summed E-state index contributed by atoms with van der Waals surface area (Å²) in [7, 11) is 0. The zero-order valence-corrected chi connectivity index (χ0v) is 16.5. The maximum atomic E-state index is 12.1. The summed E-state index contributed by atoms with van der Waals surface area (Å²) in [5, 5.41) is 9.54. The molecular formula is C23H21NO5. The molecule has 0 unspecified atom stereocenters. The van der Waals surface area contributed by atoms with Crippen LogP contribution in [0.15, 0.2) is 51.7 Å². The Bertz CT molecular complexity index is 1140. The van der Waals surface area contributed by atoms with Crippen LogP contribution < -0.4 is 10.4 Å². The molecular weight excluding hydrogens is 370 g/mol. The van der Waals surface area contributed by atoms with Crippen molar-refractivity contribution in [2.24, 2.45) is 0 Å². The van der Waals surface area contributed by atoms with Crippen LogP contribution in [0.25, 0.3) is 11.0 Å². The molecule has 0 spiro atoms. The molecule has 0 aliphatic rings. The van der Waals surface area contributed by atoms with Gasteiger partial charge in [0.15, 0.2) is 6.61 Å². The van der Waals surface area contributed by atoms with E-state index in [0.29, 0.717) is 28.4 Å². The van der Waals surface area contributed by atoms with Crippen molar-refractivity contribution < 1.29 is 18.7 Å². The van der Waals surface area contributed by atoms with Crippen LogP contribution in [0.3, 0.4) is 0 Å². The zero-order chi connectivity index (χ0) is 21.0. The van der Waals surface area contributed by atoms with Crippen LogP contribution in [0.5, 0.6) is 5.75 Å². The molecule has 0 aliphatic heterocycles. The fraction of sp³-hybridized carbons (Fsp3) is 0.261. The number of carbonyl (C=O) groups is 1. The standard InChI is InChI=1S/C23H21NO5/c1-14(2)19-10-20-17(9-22(25)29-21(20)8-15(19)3)12-28-23(26)13-27-18-6-4-16(11-24)5-7-18/h4-10,14H,12-13H2,1-3H3. The number of rotatable bonds is 6. The molecule has 2 aromatic carbocycles. The highest BCUT2D eigenvalue weighted by Gasteiger charge is 2.13. The van der Waals surface area contributed by atoms with Crippen molar-refractivity contribution in [3.63, 3.8) is 0 Å². The van der Waals surface area contributed by atoms with E-state index in [2.05, 4.69) is 13.8 Å². The molecule has 0 aliphatic carbocycles. The predicted molar refractivity (Wildman–Crippen MR) is 108 cm³/mol. The first-order chi connectivity index (χ1) is 13.9. The van der Waals surface area contributed by atoms with E-state index in [-0.39, 0.29) is 13.2 Å². The van der Waals surface area contributed by atoms with E-state index in [1.807, 2.05) is 25.1 Å². The highest BCUT2D eigenvalue weighted by molar-refractivity contribution is 5.82. The minimum Gasteiger partial charge on any atom is -0.482 e. The number of nitrogens with zero attached hydrogens (tertiary/aromatic N) is 1. The van der Waals surface area contributed by atoms with Gasteiger partial charge in [-0.2, -0.15) is 5.26 Å². The number of hydrogen-bond donors (Lipinski definition) is 0. The van der Waals surface area contributed by atoms with E-state index in [0.717, 1.165) is 16.5 Å². The molecule has 0 amide bonds. The Morgan fingerprint density at radius 1 is 1.17 bits per heavy atom. The Balaban J connectivity index is 1.72. The SMILES string of the molecule is Cc1cc2oc(=O)cc(COC(=O)COc3ccc(C#N)cc3)c2cc1C(C)C. The normalized spacial score (nSPS) is 10.7. The van der Waals surface area contributed by atoms with Crippen molar-refractivity contribution in [1.82, 2.24) is 0 Å². The molecule has 0 fully saturated rings. The van der Waals surface area contributed by atoms with Crippen LogP contribution in [-0.2, 0) is 16.1 Å². The molecule has 0 bridgehead atoms. The first-order valence-corrected chi connectivity index (χ1v) is 9.23. The van der Waals surface area contributed by atoms with Crippen molar-refractivity contribution in [2.75, 3.05) is 6.61 Å². The van der Waals surface area contributed by atoms with E-state index in [9.17, 15) is 9.59 Å². The third-order valence-corrected chi connectivity index (χ3v) is 4.57. The molecule has 29 heavy (non-hydrogen) atoms. The molecule has 0 radical (unpaired) electrons. The van der Waals surface area contributed by atoms with Gasteiger partial charge in [0, 0.05) is 17.0 Å². The summed E-state index contributed by atoms with van der Waals surface area (Å²) in [6, 6.07) is 13.6. The molecule has 1 aromatic heterocycles. The van der Waals surface area contributed by atoms with Crippen molar-refractivity contribution in [3.05, 3.63) is 75.1 Å². The van der Waals surface area contributed by atoms with Gasteiger partial charge >= 0.3 is 11.6 Å². The number of aryl methyl sites for hydroxylation is 1. The molecule has 0 saturated heterocycles. The number of carbonyl (C=O) groups excluding carboxylic acids is 1. The number of hydrogen-bond acceptors (Lipinski definition) is 6. The number of ether oxygens (including phenoxy) is 2. The van der Waals surface area contributed by atoms with Gasteiger partial charge in [0.1, 0.15) is 17.9 Å². The minimum atomic E-state index is -0.563. The largest absolute Gasteiger partial charge is 0.482 e. The van der Waals surface area contributed by atoms with Crippen molar-refractivity contribution in [3.8, 4) is 11.8 Å². The molecule has 0 saturated carbocycles. The summed E-state index contributed by atoms with van der Waals surface area (Å²) in [4.78, 5) is 23.9. The lowest BCUT2D eigenvalue weighted by atomic mass is 9.95. The Kier molecular flexibility index (Phi) is 5.99. The second-order valence-electron chi connectivity index (χ2n) is 7.04. The van der Waals surface area contributed by atoms with Gasteiger partial charge in [-0.05, 0) is 60.4 Å². The fourth-order valence-corrected chi connectivity index (χ4v) is 3.10. The molecule has 148 valence electrons. The van der Waals surface area contributed by atoms with Crippen LogP contribution in [0.1, 0.15) is 42.0 Å². The van der Waals surface area contributed by atoms with Crippen molar-refractivity contribution >= 4 is 16.9 Å². The van der Waals surface area contributed by atoms with Gasteiger partial charge in [0.2, 0.25) is 0 Å². The van der Waals surface area contributed by atoms with Gasteiger partial charge < -0.3 is 13.9 Å². The zero-order valence-electron chi connectivity index (χ0n) is 16.5. The van der Waals surface area contributed by atoms with E-state index in [4.69, 9.17) is 19.2 Å². The summed E-state index contributed by atoms with van der Waals surface area (Å²) in [5.41, 5.74) is 3.26. The van der Waals surface area contributed by atoms with Gasteiger partial charge in [-0.15, -0.1) is 0 Å². The van der Waals surface area contributed by atoms with Gasteiger partial charge in [-0.3, -0.25) is 0 Å². The molecule has 3 aromatic rings. The molecule has 1 heterocycles. The van der Waals surface area contributed by atoms with Gasteiger partial charge in [0.05, 0.1) is 11.6 Å². The lowest BCUT2D eigenvalue weighted by molar-refractivity contribution is -0.147. The van der Waals surface area contributed by atoms with E-state index in [1.54, 1.807) is 24.3 Å². The Hall–Kier alpha value is -3.59. The second-order valence-corrected chi connectivity index (χ2v) is 7.04. The van der Waals surface area contributed by atoms with Crippen molar-refractivity contribution in [1.29, 1.82) is 5.26 Å². The lowest BCUT2D eigenvalue weighted by Crippen LogP contribution is -2.15. The smallest absolute Gasteiger partial charge is 0.344 e. The maximum absolute atomic E-state index is 12.1. The highest BCUT2D eigenvalue weighted by atomic mass is 16.6. The molecule has 3 rings (SSSR count). The topological polar surface area (TPSA) is 89.5 Å². The molecule has 0 N–H and O–H groups in total. The van der Waals surface area contributed by atoms with E-state index >= 15 is 0 Å². The third-order valence-electron chi connectivity index (χ3n) is 4.57.